The molecule has 1 aliphatic heterocycles. The molecule has 6 nitrogen and oxygen atoms in total. The number of nitrogens with one attached hydrogen (secondary N) is 1. The number of hydrogen-bond acceptors (Lipinski definition) is 4. The predicted octanol–water partition coefficient (Wildman–Crippen LogP) is 4.50. The van der Waals surface area contributed by atoms with Crippen molar-refractivity contribution in [1.82, 2.24) is 5.06 Å². The average molecular weight is 344 g/mol. The van der Waals surface area contributed by atoms with Crippen molar-refractivity contribution in [3.05, 3.63) is 42.5 Å². The normalized spacial score (nSPS) is 12.7. The van der Waals surface area contributed by atoms with E-state index in [0.29, 0.717) is 10.8 Å². The number of nitrogens with zero attached hydrogens (tertiary/aromatic N) is 1. The molecule has 1 N–H and O–H groups in total. The maximum Gasteiger partial charge on any atom is 0.436 e. The zero-order chi connectivity index (χ0) is 18.8. The van der Waals surface area contributed by atoms with Crippen LogP contribution in [0.25, 0.3) is 10.8 Å². The molecule has 25 heavy (non-hydrogen) atoms. The second kappa shape index (κ2) is 10.1. The van der Waals surface area contributed by atoms with Gasteiger partial charge in [-0.05, 0) is 11.5 Å². The molecule has 134 valence electrons. The number of rotatable bonds is 2. The van der Waals surface area contributed by atoms with Gasteiger partial charge in [0, 0.05) is 18.2 Å². The zero-order valence-corrected chi connectivity index (χ0v) is 15.0. The monoisotopic (exact) mass is 344 g/mol. The topological polar surface area (TPSA) is 75.7 Å². The lowest BCUT2D eigenvalue weighted by Crippen LogP contribution is -2.33. The average Bonchev–Trinajstić information content (AvgIpc) is 2.97. The van der Waals surface area contributed by atoms with Gasteiger partial charge in [0.1, 0.15) is 0 Å². The summed E-state index contributed by atoms with van der Waals surface area (Å²) in [5.41, 5.74) is 0.553. The van der Waals surface area contributed by atoms with Crippen LogP contribution >= 0.6 is 0 Å². The van der Waals surface area contributed by atoms with E-state index in [1.54, 1.807) is 12.1 Å². The fourth-order valence-electron chi connectivity index (χ4n) is 2.21. The van der Waals surface area contributed by atoms with Crippen molar-refractivity contribution in [2.75, 3.05) is 5.32 Å². The van der Waals surface area contributed by atoms with Crippen LogP contribution in [0.4, 0.5) is 10.5 Å². The van der Waals surface area contributed by atoms with Crippen molar-refractivity contribution < 1.29 is 19.2 Å². The van der Waals surface area contributed by atoms with E-state index in [2.05, 4.69) is 5.32 Å². The van der Waals surface area contributed by atoms with Crippen LogP contribution in [0.15, 0.2) is 42.5 Å². The molecule has 1 fully saturated rings. The minimum atomic E-state index is -0.866. The number of hydrogen-bond donors (Lipinski definition) is 1. The first kappa shape index (κ1) is 20.2. The second-order valence-corrected chi connectivity index (χ2v) is 4.61. The number of hydroxylamine groups is 2. The molecule has 2 aromatic carbocycles. The van der Waals surface area contributed by atoms with Gasteiger partial charge in [-0.2, -0.15) is 0 Å². The second-order valence-electron chi connectivity index (χ2n) is 4.61. The number of carbonyl (C=O) groups is 3. The first-order chi connectivity index (χ1) is 12.1. The van der Waals surface area contributed by atoms with E-state index in [4.69, 9.17) is 4.84 Å². The Morgan fingerprint density at radius 2 is 1.48 bits per heavy atom. The van der Waals surface area contributed by atoms with Crippen molar-refractivity contribution in [3.8, 4) is 0 Å². The fraction of sp³-hybridized carbons (Fsp3) is 0.316. The number of imide groups is 1. The highest BCUT2D eigenvalue weighted by Crippen LogP contribution is 2.23. The molecular formula is C19H24N2O4. The summed E-state index contributed by atoms with van der Waals surface area (Å²) >= 11 is 0. The third-order valence-electron chi connectivity index (χ3n) is 3.21. The van der Waals surface area contributed by atoms with Gasteiger partial charge in [0.15, 0.2) is 0 Å². The first-order valence-electron chi connectivity index (χ1n) is 8.47. The minimum Gasteiger partial charge on any atom is -0.311 e. The van der Waals surface area contributed by atoms with Crippen molar-refractivity contribution in [1.29, 1.82) is 0 Å². The molecule has 0 unspecified atom stereocenters. The molecular weight excluding hydrogens is 320 g/mol. The van der Waals surface area contributed by atoms with Crippen LogP contribution < -0.4 is 5.32 Å². The molecule has 0 aliphatic carbocycles. The molecule has 1 heterocycles. The highest BCUT2D eigenvalue weighted by atomic mass is 16.7. The summed E-state index contributed by atoms with van der Waals surface area (Å²) < 4.78 is 0. The number of fused-ring (bicyclic) bond motifs is 1. The van der Waals surface area contributed by atoms with Crippen LogP contribution in [0.3, 0.4) is 0 Å². The lowest BCUT2D eigenvalue weighted by atomic mass is 10.1. The summed E-state index contributed by atoms with van der Waals surface area (Å²) in [7, 11) is 0. The van der Waals surface area contributed by atoms with Crippen molar-refractivity contribution >= 4 is 34.4 Å². The van der Waals surface area contributed by atoms with Crippen LogP contribution in [-0.2, 0) is 14.4 Å². The molecule has 3 amide bonds. The standard InChI is InChI=1S/C15H12N2O4.2C2H6/c18-13-8-9-14(19)17(13)21-15(20)16-12-7-3-5-10-4-1-2-6-11(10)12;2*1-2/h1-7H,8-9H2,(H,16,20);2*1-2H3. The molecule has 0 bridgehead atoms. The summed E-state index contributed by atoms with van der Waals surface area (Å²) in [5, 5.41) is 4.87. The van der Waals surface area contributed by atoms with E-state index in [0.717, 1.165) is 10.8 Å². The minimum absolute atomic E-state index is 0.0698. The van der Waals surface area contributed by atoms with Crippen LogP contribution in [0, 0.1) is 0 Å². The Bertz CT molecular complexity index is 722. The number of anilines is 1. The molecule has 1 saturated heterocycles. The van der Waals surface area contributed by atoms with Crippen LogP contribution in [0.1, 0.15) is 40.5 Å². The van der Waals surface area contributed by atoms with E-state index in [1.165, 1.54) is 0 Å². The van der Waals surface area contributed by atoms with Gasteiger partial charge in [0.25, 0.3) is 11.8 Å². The van der Waals surface area contributed by atoms with E-state index in [9.17, 15) is 14.4 Å². The van der Waals surface area contributed by atoms with Gasteiger partial charge in [0.2, 0.25) is 0 Å². The van der Waals surface area contributed by atoms with Crippen molar-refractivity contribution in [2.24, 2.45) is 0 Å². The molecule has 0 atom stereocenters. The Kier molecular flexibility index (Phi) is 8.12. The maximum atomic E-state index is 11.8. The Hall–Kier alpha value is -2.89. The van der Waals surface area contributed by atoms with Crippen molar-refractivity contribution in [2.45, 2.75) is 40.5 Å². The molecule has 0 spiro atoms. The molecule has 0 aromatic heterocycles. The maximum absolute atomic E-state index is 11.8. The fourth-order valence-corrected chi connectivity index (χ4v) is 2.21. The van der Waals surface area contributed by atoms with E-state index in [-0.39, 0.29) is 12.8 Å². The highest BCUT2D eigenvalue weighted by Gasteiger charge is 2.32. The highest BCUT2D eigenvalue weighted by molar-refractivity contribution is 6.03. The number of benzene rings is 2. The van der Waals surface area contributed by atoms with Gasteiger partial charge in [0.05, 0.1) is 5.69 Å². The van der Waals surface area contributed by atoms with E-state index >= 15 is 0 Å². The lowest BCUT2D eigenvalue weighted by Gasteiger charge is -2.14. The summed E-state index contributed by atoms with van der Waals surface area (Å²) in [4.78, 5) is 39.4. The summed E-state index contributed by atoms with van der Waals surface area (Å²) in [6, 6.07) is 13.0. The Morgan fingerprint density at radius 3 is 2.12 bits per heavy atom. The lowest BCUT2D eigenvalue weighted by molar-refractivity contribution is -0.170. The molecule has 1 aliphatic rings. The summed E-state index contributed by atoms with van der Waals surface area (Å²) in [6.07, 6.45) is -0.726. The van der Waals surface area contributed by atoms with Gasteiger partial charge in [-0.1, -0.05) is 64.1 Å². The predicted molar refractivity (Wildman–Crippen MR) is 97.8 cm³/mol. The smallest absolute Gasteiger partial charge is 0.311 e. The molecule has 6 heteroatoms. The Morgan fingerprint density at radius 1 is 0.920 bits per heavy atom. The molecule has 2 aromatic rings. The van der Waals surface area contributed by atoms with E-state index in [1.807, 2.05) is 58.0 Å². The SMILES string of the molecule is CC.CC.O=C(Nc1cccc2ccccc12)ON1C(=O)CCC1=O. The summed E-state index contributed by atoms with van der Waals surface area (Å²) in [6.45, 7) is 8.00. The van der Waals surface area contributed by atoms with Crippen LogP contribution in [0.5, 0.6) is 0 Å². The largest absolute Gasteiger partial charge is 0.436 e. The van der Waals surface area contributed by atoms with Gasteiger partial charge in [-0.15, -0.1) is 5.06 Å². The zero-order valence-electron chi connectivity index (χ0n) is 15.0. The van der Waals surface area contributed by atoms with Crippen molar-refractivity contribution in [3.63, 3.8) is 0 Å². The number of carbonyl (C=O) groups excluding carboxylic acids is 3. The molecule has 3 rings (SSSR count). The quantitative estimate of drug-likeness (QED) is 0.814. The third kappa shape index (κ3) is 5.04. The van der Waals surface area contributed by atoms with E-state index < -0.39 is 17.9 Å². The molecule has 0 saturated carbocycles. The number of amides is 3. The van der Waals surface area contributed by atoms with Gasteiger partial charge >= 0.3 is 6.09 Å². The summed E-state index contributed by atoms with van der Waals surface area (Å²) in [5.74, 6) is -1.01. The Labute approximate surface area is 147 Å². The van der Waals surface area contributed by atoms with Crippen LogP contribution in [0.2, 0.25) is 0 Å². The molecule has 0 radical (unpaired) electrons. The van der Waals surface area contributed by atoms with Gasteiger partial charge in [-0.3, -0.25) is 14.9 Å². The van der Waals surface area contributed by atoms with Crippen LogP contribution in [-0.4, -0.2) is 23.0 Å². The first-order valence-corrected chi connectivity index (χ1v) is 8.47. The third-order valence-corrected chi connectivity index (χ3v) is 3.21. The Balaban J connectivity index is 0.000000730. The van der Waals surface area contributed by atoms with Gasteiger partial charge < -0.3 is 4.84 Å². The van der Waals surface area contributed by atoms with Gasteiger partial charge in [-0.25, -0.2) is 4.79 Å².